The van der Waals surface area contributed by atoms with Crippen LogP contribution >= 0.6 is 0 Å². The maximum absolute atomic E-state index is 13.3. The smallest absolute Gasteiger partial charge is 0.325 e. The SMILES string of the molecule is COc1ccc(OC)c(-n2nnc(C(=O)Nc3cc(NCC(=O)OC(C)(C)C)cc(C(C)(C)C)c3)c2C)c1. The first kappa shape index (κ1) is 28.5. The number of nitrogens with zero attached hydrogens (tertiary/aromatic N) is 3. The Labute approximate surface area is 223 Å². The summed E-state index contributed by atoms with van der Waals surface area (Å²) in [6, 6.07) is 10.9. The van der Waals surface area contributed by atoms with Crippen molar-refractivity contribution in [3.05, 3.63) is 53.3 Å². The van der Waals surface area contributed by atoms with Crippen LogP contribution in [0.5, 0.6) is 11.5 Å². The average Bonchev–Trinajstić information content (AvgIpc) is 3.21. The fraction of sp³-hybridized carbons (Fsp3) is 0.429. The zero-order valence-electron chi connectivity index (χ0n) is 23.6. The van der Waals surface area contributed by atoms with Crippen molar-refractivity contribution in [3.63, 3.8) is 0 Å². The van der Waals surface area contributed by atoms with Crippen molar-refractivity contribution in [2.45, 2.75) is 59.5 Å². The summed E-state index contributed by atoms with van der Waals surface area (Å²) in [5, 5.41) is 14.4. The minimum absolute atomic E-state index is 0.00589. The molecular formula is C28H37N5O5. The molecule has 0 atom stereocenters. The molecule has 0 fully saturated rings. The topological polar surface area (TPSA) is 117 Å². The first-order valence-electron chi connectivity index (χ1n) is 12.3. The molecule has 0 radical (unpaired) electrons. The van der Waals surface area contributed by atoms with Crippen LogP contribution in [0.1, 0.15) is 63.3 Å². The molecule has 0 aliphatic carbocycles. The van der Waals surface area contributed by atoms with Crippen LogP contribution in [-0.2, 0) is 14.9 Å². The molecule has 0 aliphatic rings. The lowest BCUT2D eigenvalue weighted by atomic mass is 9.86. The zero-order valence-corrected chi connectivity index (χ0v) is 23.6. The van der Waals surface area contributed by atoms with Gasteiger partial charge in [0.1, 0.15) is 29.3 Å². The van der Waals surface area contributed by atoms with Crippen LogP contribution in [0.2, 0.25) is 0 Å². The van der Waals surface area contributed by atoms with Gasteiger partial charge >= 0.3 is 5.97 Å². The maximum Gasteiger partial charge on any atom is 0.325 e. The van der Waals surface area contributed by atoms with Crippen molar-refractivity contribution >= 4 is 23.3 Å². The highest BCUT2D eigenvalue weighted by Gasteiger charge is 2.22. The van der Waals surface area contributed by atoms with Gasteiger partial charge in [0, 0.05) is 17.4 Å². The van der Waals surface area contributed by atoms with E-state index >= 15 is 0 Å². The molecule has 0 saturated heterocycles. The van der Waals surface area contributed by atoms with Crippen LogP contribution < -0.4 is 20.1 Å². The van der Waals surface area contributed by atoms with Crippen molar-refractivity contribution in [1.82, 2.24) is 15.0 Å². The summed E-state index contributed by atoms with van der Waals surface area (Å²) >= 11 is 0. The Morgan fingerprint density at radius 3 is 2.24 bits per heavy atom. The van der Waals surface area contributed by atoms with Crippen LogP contribution in [0.3, 0.4) is 0 Å². The number of anilines is 2. The van der Waals surface area contributed by atoms with Gasteiger partial charge in [-0.25, -0.2) is 4.68 Å². The molecule has 1 heterocycles. The second-order valence-electron chi connectivity index (χ2n) is 10.9. The summed E-state index contributed by atoms with van der Waals surface area (Å²) in [5.41, 5.74) is 2.73. The van der Waals surface area contributed by atoms with Gasteiger partial charge in [-0.2, -0.15) is 0 Å². The molecule has 1 amide bonds. The van der Waals surface area contributed by atoms with E-state index in [0.717, 1.165) is 5.56 Å². The summed E-state index contributed by atoms with van der Waals surface area (Å²) in [7, 11) is 3.13. The molecule has 2 aromatic carbocycles. The second kappa shape index (κ2) is 11.1. The van der Waals surface area contributed by atoms with Crippen molar-refractivity contribution in [2.24, 2.45) is 0 Å². The number of aromatic nitrogens is 3. The lowest BCUT2D eigenvalue weighted by molar-refractivity contribution is -0.152. The Hall–Kier alpha value is -4.08. The molecule has 0 bridgehead atoms. The highest BCUT2D eigenvalue weighted by Crippen LogP contribution is 2.30. The molecule has 10 nitrogen and oxygen atoms in total. The average molecular weight is 524 g/mol. The third-order valence-electron chi connectivity index (χ3n) is 5.64. The van der Waals surface area contributed by atoms with E-state index in [9.17, 15) is 9.59 Å². The van der Waals surface area contributed by atoms with Gasteiger partial charge in [0.25, 0.3) is 5.91 Å². The molecular weight excluding hydrogens is 486 g/mol. The van der Waals surface area contributed by atoms with E-state index in [-0.39, 0.29) is 23.6 Å². The summed E-state index contributed by atoms with van der Waals surface area (Å²) < 4.78 is 17.7. The van der Waals surface area contributed by atoms with Crippen LogP contribution in [0.25, 0.3) is 5.69 Å². The standard InChI is InChI=1S/C28H37N5O5/c1-17-25(31-32-33(17)22-15-21(36-8)10-11-23(22)37-9)26(35)30-20-13-18(27(2,3)4)12-19(14-20)29-16-24(34)38-28(5,6)7/h10-15,29H,16H2,1-9H3,(H,30,35). The fourth-order valence-corrected chi connectivity index (χ4v) is 3.71. The lowest BCUT2D eigenvalue weighted by Crippen LogP contribution is -2.28. The van der Waals surface area contributed by atoms with E-state index in [1.54, 1.807) is 45.4 Å². The summed E-state index contributed by atoms with van der Waals surface area (Å²) in [6.07, 6.45) is 0. The monoisotopic (exact) mass is 523 g/mol. The van der Waals surface area contributed by atoms with E-state index < -0.39 is 11.5 Å². The zero-order chi connectivity index (χ0) is 28.3. The number of esters is 1. The Morgan fingerprint density at radius 2 is 1.63 bits per heavy atom. The Morgan fingerprint density at radius 1 is 0.947 bits per heavy atom. The normalized spacial score (nSPS) is 11.6. The second-order valence-corrected chi connectivity index (χ2v) is 10.9. The number of hydrogen-bond acceptors (Lipinski definition) is 8. The summed E-state index contributed by atoms with van der Waals surface area (Å²) in [4.78, 5) is 25.5. The fourth-order valence-electron chi connectivity index (χ4n) is 3.71. The lowest BCUT2D eigenvalue weighted by Gasteiger charge is -2.22. The molecule has 2 N–H and O–H groups in total. The Bertz CT molecular complexity index is 1320. The predicted octanol–water partition coefficient (Wildman–Crippen LogP) is 4.90. The number of benzene rings is 2. The van der Waals surface area contributed by atoms with Crippen molar-refractivity contribution in [1.29, 1.82) is 0 Å². The van der Waals surface area contributed by atoms with Gasteiger partial charge in [-0.15, -0.1) is 5.10 Å². The maximum atomic E-state index is 13.3. The number of carbonyl (C=O) groups is 2. The molecule has 0 unspecified atom stereocenters. The molecule has 10 heteroatoms. The molecule has 1 aromatic heterocycles. The van der Waals surface area contributed by atoms with Gasteiger partial charge in [0.2, 0.25) is 0 Å². The van der Waals surface area contributed by atoms with Crippen molar-refractivity contribution in [2.75, 3.05) is 31.4 Å². The predicted molar refractivity (Wildman–Crippen MR) is 147 cm³/mol. The van der Waals surface area contributed by atoms with Gasteiger partial charge in [0.15, 0.2) is 5.69 Å². The van der Waals surface area contributed by atoms with Gasteiger partial charge in [0.05, 0.1) is 19.9 Å². The molecule has 204 valence electrons. The van der Waals surface area contributed by atoms with E-state index in [0.29, 0.717) is 34.3 Å². The Balaban J connectivity index is 1.88. The number of carbonyl (C=O) groups excluding carboxylic acids is 2. The first-order valence-corrected chi connectivity index (χ1v) is 12.3. The van der Waals surface area contributed by atoms with Gasteiger partial charge < -0.3 is 24.8 Å². The van der Waals surface area contributed by atoms with Gasteiger partial charge in [-0.3, -0.25) is 9.59 Å². The number of methoxy groups -OCH3 is 2. The van der Waals surface area contributed by atoms with E-state index in [1.165, 1.54) is 4.68 Å². The number of ether oxygens (including phenoxy) is 3. The molecule has 0 aliphatic heterocycles. The molecule has 3 aromatic rings. The molecule has 0 spiro atoms. The summed E-state index contributed by atoms with van der Waals surface area (Å²) in [6.45, 7) is 13.4. The van der Waals surface area contributed by atoms with E-state index in [4.69, 9.17) is 14.2 Å². The van der Waals surface area contributed by atoms with Crippen molar-refractivity contribution < 1.29 is 23.8 Å². The first-order chi connectivity index (χ1) is 17.7. The Kier molecular flexibility index (Phi) is 8.34. The highest BCUT2D eigenvalue weighted by atomic mass is 16.6. The van der Waals surface area contributed by atoms with Gasteiger partial charge in [-0.05, 0) is 69.0 Å². The van der Waals surface area contributed by atoms with Crippen LogP contribution in [-0.4, -0.2) is 53.2 Å². The number of rotatable bonds is 8. The minimum atomic E-state index is -0.574. The van der Waals surface area contributed by atoms with Crippen LogP contribution in [0.15, 0.2) is 36.4 Å². The summed E-state index contributed by atoms with van der Waals surface area (Å²) in [5.74, 6) is 0.390. The third-order valence-corrected chi connectivity index (χ3v) is 5.64. The van der Waals surface area contributed by atoms with E-state index in [2.05, 4.69) is 41.7 Å². The largest absolute Gasteiger partial charge is 0.497 e. The highest BCUT2D eigenvalue weighted by molar-refractivity contribution is 6.04. The molecule has 0 saturated carbocycles. The molecule has 38 heavy (non-hydrogen) atoms. The van der Waals surface area contributed by atoms with E-state index in [1.807, 2.05) is 32.9 Å². The third kappa shape index (κ3) is 7.02. The minimum Gasteiger partial charge on any atom is -0.497 e. The number of hydrogen-bond donors (Lipinski definition) is 2. The number of nitrogens with one attached hydrogen (secondary N) is 2. The number of amides is 1. The van der Waals surface area contributed by atoms with Crippen LogP contribution in [0, 0.1) is 6.92 Å². The molecule has 3 rings (SSSR count). The quantitative estimate of drug-likeness (QED) is 0.401. The van der Waals surface area contributed by atoms with Gasteiger partial charge in [-0.1, -0.05) is 26.0 Å². The van der Waals surface area contributed by atoms with Crippen molar-refractivity contribution in [3.8, 4) is 17.2 Å². The van der Waals surface area contributed by atoms with Crippen LogP contribution in [0.4, 0.5) is 11.4 Å².